The molecule has 0 saturated heterocycles. The Kier molecular flexibility index (Phi) is 4.15. The molecule has 0 unspecified atom stereocenters. The molecule has 0 amide bonds. The molecule has 0 aliphatic rings. The standard InChI is InChI=1S/C16H18N4O3S/c1-4-20(14-10-17-19(3)11-14)24(21,22)16-15(23-12(2)18-16)13-8-6-5-7-9-13/h5-11H,4H2,1-3H3. The topological polar surface area (TPSA) is 81.2 Å². The normalized spacial score (nSPS) is 11.6. The van der Waals surface area contributed by atoms with Gasteiger partial charge in [0.1, 0.15) is 0 Å². The molecule has 0 N–H and O–H groups in total. The molecule has 3 aromatic rings. The van der Waals surface area contributed by atoms with Gasteiger partial charge in [-0.1, -0.05) is 30.3 Å². The fourth-order valence-electron chi connectivity index (χ4n) is 2.49. The highest BCUT2D eigenvalue weighted by atomic mass is 32.2. The first kappa shape index (κ1) is 16.3. The van der Waals surface area contributed by atoms with E-state index < -0.39 is 10.0 Å². The first-order valence-corrected chi connectivity index (χ1v) is 8.91. The molecule has 0 aliphatic carbocycles. The zero-order valence-corrected chi connectivity index (χ0v) is 14.5. The third-order valence-corrected chi connectivity index (χ3v) is 5.35. The molecule has 0 aliphatic heterocycles. The zero-order chi connectivity index (χ0) is 17.3. The molecule has 1 aromatic carbocycles. The molecular weight excluding hydrogens is 328 g/mol. The first-order valence-electron chi connectivity index (χ1n) is 7.47. The number of hydrogen-bond acceptors (Lipinski definition) is 5. The van der Waals surface area contributed by atoms with Crippen LogP contribution < -0.4 is 4.31 Å². The molecule has 126 valence electrons. The average Bonchev–Trinajstić information content (AvgIpc) is 3.15. The van der Waals surface area contributed by atoms with Crippen molar-refractivity contribution in [2.24, 2.45) is 7.05 Å². The number of hydrogen-bond donors (Lipinski definition) is 0. The number of aromatic nitrogens is 3. The van der Waals surface area contributed by atoms with Crippen LogP contribution in [0.3, 0.4) is 0 Å². The van der Waals surface area contributed by atoms with Gasteiger partial charge in [-0.3, -0.25) is 8.99 Å². The molecule has 0 fully saturated rings. The highest BCUT2D eigenvalue weighted by Crippen LogP contribution is 2.31. The molecule has 0 atom stereocenters. The average molecular weight is 346 g/mol. The van der Waals surface area contributed by atoms with Crippen LogP contribution in [0.5, 0.6) is 0 Å². The highest BCUT2D eigenvalue weighted by Gasteiger charge is 2.32. The largest absolute Gasteiger partial charge is 0.440 e. The Balaban J connectivity index is 2.13. The summed E-state index contributed by atoms with van der Waals surface area (Å²) in [7, 11) is -2.14. The molecule has 0 saturated carbocycles. The molecule has 3 rings (SSSR count). The van der Waals surface area contributed by atoms with Crippen LogP contribution in [0.4, 0.5) is 5.69 Å². The molecule has 0 bridgehead atoms. The van der Waals surface area contributed by atoms with E-state index in [1.54, 1.807) is 43.9 Å². The summed E-state index contributed by atoms with van der Waals surface area (Å²) in [6.45, 7) is 3.65. The van der Waals surface area contributed by atoms with Crippen LogP contribution in [-0.2, 0) is 17.1 Å². The quantitative estimate of drug-likeness (QED) is 0.709. The van der Waals surface area contributed by atoms with Crippen molar-refractivity contribution in [2.75, 3.05) is 10.8 Å². The van der Waals surface area contributed by atoms with Crippen molar-refractivity contribution in [3.63, 3.8) is 0 Å². The predicted molar refractivity (Wildman–Crippen MR) is 90.1 cm³/mol. The maximum Gasteiger partial charge on any atom is 0.285 e. The molecule has 0 radical (unpaired) electrons. The second-order valence-corrected chi connectivity index (χ2v) is 7.05. The number of rotatable bonds is 5. The van der Waals surface area contributed by atoms with E-state index in [2.05, 4.69) is 10.1 Å². The van der Waals surface area contributed by atoms with Gasteiger partial charge in [-0.15, -0.1) is 0 Å². The van der Waals surface area contributed by atoms with Crippen molar-refractivity contribution in [1.29, 1.82) is 0 Å². The van der Waals surface area contributed by atoms with Crippen molar-refractivity contribution in [2.45, 2.75) is 18.9 Å². The Bertz CT molecular complexity index is 945. The van der Waals surface area contributed by atoms with E-state index in [1.165, 1.54) is 10.5 Å². The third kappa shape index (κ3) is 2.80. The lowest BCUT2D eigenvalue weighted by atomic mass is 10.2. The highest BCUT2D eigenvalue weighted by molar-refractivity contribution is 7.92. The van der Waals surface area contributed by atoms with E-state index in [1.807, 2.05) is 18.2 Å². The number of anilines is 1. The van der Waals surface area contributed by atoms with Gasteiger partial charge in [-0.2, -0.15) is 18.5 Å². The number of sulfonamides is 1. The number of benzene rings is 1. The smallest absolute Gasteiger partial charge is 0.285 e. The second-order valence-electron chi connectivity index (χ2n) is 5.28. The van der Waals surface area contributed by atoms with E-state index in [0.29, 0.717) is 17.1 Å². The Morgan fingerprint density at radius 1 is 1.25 bits per heavy atom. The summed E-state index contributed by atoms with van der Waals surface area (Å²) < 4.78 is 34.7. The van der Waals surface area contributed by atoms with Crippen LogP contribution >= 0.6 is 0 Å². The summed E-state index contributed by atoms with van der Waals surface area (Å²) in [5, 5.41) is 3.96. The van der Waals surface area contributed by atoms with Crippen molar-refractivity contribution >= 4 is 15.7 Å². The molecule has 8 heteroatoms. The Morgan fingerprint density at radius 2 is 1.96 bits per heavy atom. The van der Waals surface area contributed by atoms with Gasteiger partial charge in [0, 0.05) is 32.3 Å². The third-order valence-electron chi connectivity index (χ3n) is 3.54. The van der Waals surface area contributed by atoms with Gasteiger partial charge in [-0.25, -0.2) is 0 Å². The summed E-state index contributed by atoms with van der Waals surface area (Å²) in [6, 6.07) is 9.08. The minimum Gasteiger partial charge on any atom is -0.440 e. The minimum absolute atomic E-state index is 0.0862. The monoisotopic (exact) mass is 346 g/mol. The van der Waals surface area contributed by atoms with Crippen LogP contribution in [0.2, 0.25) is 0 Å². The fourth-order valence-corrected chi connectivity index (χ4v) is 4.05. The molecule has 0 spiro atoms. The van der Waals surface area contributed by atoms with Gasteiger partial charge in [-0.05, 0) is 6.92 Å². The summed E-state index contributed by atoms with van der Waals surface area (Å²) in [5.74, 6) is 0.546. The maximum absolute atomic E-state index is 13.1. The molecule has 24 heavy (non-hydrogen) atoms. The second kappa shape index (κ2) is 6.12. The van der Waals surface area contributed by atoms with Gasteiger partial charge in [0.15, 0.2) is 11.7 Å². The SMILES string of the molecule is CCN(c1cnn(C)c1)S(=O)(=O)c1nc(C)oc1-c1ccccc1. The van der Waals surface area contributed by atoms with Gasteiger partial charge in [0.25, 0.3) is 10.0 Å². The Morgan fingerprint density at radius 3 is 2.54 bits per heavy atom. The van der Waals surface area contributed by atoms with Gasteiger partial charge < -0.3 is 4.42 Å². The van der Waals surface area contributed by atoms with Crippen molar-refractivity contribution in [3.8, 4) is 11.3 Å². The maximum atomic E-state index is 13.1. The number of aryl methyl sites for hydroxylation is 2. The first-order chi connectivity index (χ1) is 11.4. The molecular formula is C16H18N4O3S. The Hall–Kier alpha value is -2.61. The van der Waals surface area contributed by atoms with Crippen LogP contribution in [-0.4, -0.2) is 29.7 Å². The van der Waals surface area contributed by atoms with Crippen LogP contribution in [0.25, 0.3) is 11.3 Å². The summed E-state index contributed by atoms with van der Waals surface area (Å²) in [5.41, 5.74) is 1.15. The van der Waals surface area contributed by atoms with Crippen LogP contribution in [0.1, 0.15) is 12.8 Å². The molecule has 7 nitrogen and oxygen atoms in total. The molecule has 2 heterocycles. The zero-order valence-electron chi connectivity index (χ0n) is 13.7. The van der Waals surface area contributed by atoms with Crippen LogP contribution in [0.15, 0.2) is 52.2 Å². The van der Waals surface area contributed by atoms with Crippen molar-refractivity contribution in [1.82, 2.24) is 14.8 Å². The van der Waals surface area contributed by atoms with Gasteiger partial charge in [0.2, 0.25) is 5.03 Å². The summed E-state index contributed by atoms with van der Waals surface area (Å²) in [4.78, 5) is 4.14. The van der Waals surface area contributed by atoms with Crippen molar-refractivity contribution in [3.05, 3.63) is 48.6 Å². The van der Waals surface area contributed by atoms with E-state index in [0.717, 1.165) is 0 Å². The predicted octanol–water partition coefficient (Wildman–Crippen LogP) is 2.60. The number of nitrogens with zero attached hydrogens (tertiary/aromatic N) is 4. The Labute approximate surface area is 140 Å². The van der Waals surface area contributed by atoms with Crippen molar-refractivity contribution < 1.29 is 12.8 Å². The van der Waals surface area contributed by atoms with E-state index in [9.17, 15) is 8.42 Å². The van der Waals surface area contributed by atoms with Gasteiger partial charge in [0.05, 0.1) is 11.9 Å². The number of oxazole rings is 1. The van der Waals surface area contributed by atoms with Crippen LogP contribution in [0, 0.1) is 6.92 Å². The lowest BCUT2D eigenvalue weighted by Crippen LogP contribution is -2.31. The molecule has 2 aromatic heterocycles. The van der Waals surface area contributed by atoms with E-state index in [-0.39, 0.29) is 17.3 Å². The summed E-state index contributed by atoms with van der Waals surface area (Å²) in [6.07, 6.45) is 3.16. The minimum atomic E-state index is -3.87. The fraction of sp³-hybridized carbons (Fsp3) is 0.250. The van der Waals surface area contributed by atoms with E-state index >= 15 is 0 Å². The summed E-state index contributed by atoms with van der Waals surface area (Å²) >= 11 is 0. The lowest BCUT2D eigenvalue weighted by molar-refractivity contribution is 0.533. The lowest BCUT2D eigenvalue weighted by Gasteiger charge is -2.19. The van der Waals surface area contributed by atoms with E-state index in [4.69, 9.17) is 4.42 Å². The van der Waals surface area contributed by atoms with Gasteiger partial charge >= 0.3 is 0 Å².